The second-order valence-corrected chi connectivity index (χ2v) is 8.42. The van der Waals surface area contributed by atoms with Crippen molar-refractivity contribution in [1.82, 2.24) is 30.3 Å². The van der Waals surface area contributed by atoms with Crippen LogP contribution in [0.15, 0.2) is 30.6 Å². The summed E-state index contributed by atoms with van der Waals surface area (Å²) in [6.07, 6.45) is 8.34. The summed E-state index contributed by atoms with van der Waals surface area (Å²) in [4.78, 5) is 30.5. The second-order valence-electron chi connectivity index (χ2n) is 8.42. The third kappa shape index (κ3) is 4.56. The zero-order valence-corrected chi connectivity index (χ0v) is 18.7. The normalized spacial score (nSPS) is 15.3. The number of aromatic amines is 1. The molecule has 2 amide bonds. The molecule has 0 spiro atoms. The van der Waals surface area contributed by atoms with Gasteiger partial charge < -0.3 is 10.6 Å². The number of H-pyrrole nitrogens is 1. The van der Waals surface area contributed by atoms with Gasteiger partial charge in [0.25, 0.3) is 5.91 Å². The molecule has 4 rings (SSSR count). The van der Waals surface area contributed by atoms with E-state index in [2.05, 4.69) is 30.9 Å². The van der Waals surface area contributed by atoms with E-state index in [0.29, 0.717) is 11.4 Å². The second kappa shape index (κ2) is 9.33. The van der Waals surface area contributed by atoms with Gasteiger partial charge in [0.2, 0.25) is 5.91 Å². The average molecular weight is 436 g/mol. The van der Waals surface area contributed by atoms with Gasteiger partial charge in [-0.1, -0.05) is 19.3 Å². The highest BCUT2D eigenvalue weighted by Crippen LogP contribution is 2.28. The summed E-state index contributed by atoms with van der Waals surface area (Å²) < 4.78 is 1.51. The summed E-state index contributed by atoms with van der Waals surface area (Å²) in [7, 11) is 1.71. The number of hydrogen-bond acceptors (Lipinski definition) is 5. The van der Waals surface area contributed by atoms with Crippen LogP contribution < -0.4 is 10.6 Å². The molecule has 0 saturated heterocycles. The molecule has 1 aliphatic rings. The lowest BCUT2D eigenvalue weighted by Gasteiger charge is -2.30. The number of nitrogens with zero attached hydrogens (tertiary/aromatic N) is 4. The van der Waals surface area contributed by atoms with Crippen molar-refractivity contribution in [3.8, 4) is 11.3 Å². The number of anilines is 1. The van der Waals surface area contributed by atoms with Crippen LogP contribution in [-0.4, -0.2) is 42.8 Å². The van der Waals surface area contributed by atoms with Crippen LogP contribution in [0, 0.1) is 19.8 Å². The lowest BCUT2D eigenvalue weighted by molar-refractivity contribution is -0.119. The summed E-state index contributed by atoms with van der Waals surface area (Å²) in [5.74, 6) is -0.419. The fourth-order valence-corrected chi connectivity index (χ4v) is 4.44. The Bertz CT molecular complexity index is 1070. The van der Waals surface area contributed by atoms with Crippen LogP contribution in [0.4, 0.5) is 5.69 Å². The Balaban J connectivity index is 1.50. The standard InChI is InChI=1S/C23H29N7O2/c1-14-20(15(2)29-28-14)18-10-9-17(13-24-18)26-23(32)21(16-7-5-4-6-8-16)27-22(31)19-11-12-25-30(19)3/h9-13,16,21H,4-8H2,1-3H3,(H,26,32)(H,27,31)(H,28,29). The summed E-state index contributed by atoms with van der Waals surface area (Å²) in [6, 6.07) is 4.72. The Morgan fingerprint density at radius 2 is 1.94 bits per heavy atom. The van der Waals surface area contributed by atoms with Gasteiger partial charge in [-0.15, -0.1) is 0 Å². The van der Waals surface area contributed by atoms with Gasteiger partial charge >= 0.3 is 0 Å². The van der Waals surface area contributed by atoms with Crippen molar-refractivity contribution in [1.29, 1.82) is 0 Å². The van der Waals surface area contributed by atoms with E-state index >= 15 is 0 Å². The molecule has 3 N–H and O–H groups in total. The van der Waals surface area contributed by atoms with Gasteiger partial charge in [0.15, 0.2) is 0 Å². The van der Waals surface area contributed by atoms with Crippen molar-refractivity contribution < 1.29 is 9.59 Å². The third-order valence-electron chi connectivity index (χ3n) is 6.16. The molecular formula is C23H29N7O2. The first-order valence-corrected chi connectivity index (χ1v) is 11.0. The van der Waals surface area contributed by atoms with Crippen molar-refractivity contribution >= 4 is 17.5 Å². The van der Waals surface area contributed by atoms with E-state index < -0.39 is 6.04 Å². The topological polar surface area (TPSA) is 118 Å². The molecule has 3 heterocycles. The molecule has 32 heavy (non-hydrogen) atoms. The third-order valence-corrected chi connectivity index (χ3v) is 6.16. The molecule has 9 heteroatoms. The summed E-state index contributed by atoms with van der Waals surface area (Å²) in [5, 5.41) is 17.1. The highest BCUT2D eigenvalue weighted by Gasteiger charge is 2.32. The zero-order valence-electron chi connectivity index (χ0n) is 18.7. The Labute approximate surface area is 187 Å². The highest BCUT2D eigenvalue weighted by molar-refractivity contribution is 6.00. The highest BCUT2D eigenvalue weighted by atomic mass is 16.2. The first kappa shape index (κ1) is 21.7. The van der Waals surface area contributed by atoms with Crippen molar-refractivity contribution in [3.05, 3.63) is 47.7 Å². The van der Waals surface area contributed by atoms with Crippen LogP contribution in [0.5, 0.6) is 0 Å². The number of carbonyl (C=O) groups excluding carboxylic acids is 2. The maximum Gasteiger partial charge on any atom is 0.270 e. The van der Waals surface area contributed by atoms with E-state index in [4.69, 9.17) is 0 Å². The maximum absolute atomic E-state index is 13.2. The number of aryl methyl sites for hydroxylation is 3. The number of aromatic nitrogens is 5. The number of rotatable bonds is 6. The first-order valence-electron chi connectivity index (χ1n) is 11.0. The maximum atomic E-state index is 13.2. The molecule has 0 bridgehead atoms. The molecule has 168 valence electrons. The van der Waals surface area contributed by atoms with Crippen molar-refractivity contribution in [2.45, 2.75) is 52.0 Å². The minimum atomic E-state index is -0.615. The monoisotopic (exact) mass is 435 g/mol. The molecular weight excluding hydrogens is 406 g/mol. The lowest BCUT2D eigenvalue weighted by atomic mass is 9.83. The molecule has 1 unspecified atom stereocenters. The Kier molecular flexibility index (Phi) is 6.34. The minimum absolute atomic E-state index is 0.101. The minimum Gasteiger partial charge on any atom is -0.339 e. The predicted octanol–water partition coefficient (Wildman–Crippen LogP) is 3.14. The van der Waals surface area contributed by atoms with Crippen LogP contribution in [0.25, 0.3) is 11.3 Å². The number of carbonyl (C=O) groups is 2. The fourth-order valence-electron chi connectivity index (χ4n) is 4.44. The van der Waals surface area contributed by atoms with Gasteiger partial charge in [0, 0.05) is 24.5 Å². The van der Waals surface area contributed by atoms with Crippen molar-refractivity contribution in [3.63, 3.8) is 0 Å². The fraction of sp³-hybridized carbons (Fsp3) is 0.435. The van der Waals surface area contributed by atoms with Gasteiger partial charge in [0.1, 0.15) is 11.7 Å². The zero-order chi connectivity index (χ0) is 22.7. The van der Waals surface area contributed by atoms with Crippen molar-refractivity contribution in [2.75, 3.05) is 5.32 Å². The van der Waals surface area contributed by atoms with Gasteiger partial charge in [0.05, 0.1) is 23.3 Å². The average Bonchev–Trinajstić information content (AvgIpc) is 3.37. The van der Waals surface area contributed by atoms with Crippen LogP contribution in [0.1, 0.15) is 54.0 Å². The summed E-state index contributed by atoms with van der Waals surface area (Å²) >= 11 is 0. The van der Waals surface area contributed by atoms with Crippen molar-refractivity contribution in [2.24, 2.45) is 13.0 Å². The first-order chi connectivity index (χ1) is 15.4. The molecule has 9 nitrogen and oxygen atoms in total. The Morgan fingerprint density at radius 1 is 1.16 bits per heavy atom. The largest absolute Gasteiger partial charge is 0.339 e. The summed E-state index contributed by atoms with van der Waals surface area (Å²) in [6.45, 7) is 3.88. The van der Waals surface area contributed by atoms with E-state index in [1.54, 1.807) is 25.5 Å². The van der Waals surface area contributed by atoms with Crippen LogP contribution >= 0.6 is 0 Å². The number of hydrogen-bond donors (Lipinski definition) is 3. The molecule has 1 atom stereocenters. The number of pyridine rings is 1. The number of amides is 2. The molecule has 1 aliphatic carbocycles. The smallest absolute Gasteiger partial charge is 0.270 e. The Hall–Kier alpha value is -3.49. The quantitative estimate of drug-likeness (QED) is 0.550. The SMILES string of the molecule is Cc1n[nH]c(C)c1-c1ccc(NC(=O)C(NC(=O)c2ccnn2C)C2CCCCC2)cn1. The molecule has 0 radical (unpaired) electrons. The Morgan fingerprint density at radius 3 is 2.53 bits per heavy atom. The van der Waals surface area contributed by atoms with Gasteiger partial charge in [-0.25, -0.2) is 0 Å². The van der Waals surface area contributed by atoms with Crippen LogP contribution in [0.2, 0.25) is 0 Å². The van der Waals surface area contributed by atoms with E-state index in [-0.39, 0.29) is 17.7 Å². The number of nitrogens with one attached hydrogen (secondary N) is 3. The van der Waals surface area contributed by atoms with Gasteiger partial charge in [-0.05, 0) is 50.8 Å². The van der Waals surface area contributed by atoms with Gasteiger partial charge in [-0.2, -0.15) is 10.2 Å². The molecule has 1 saturated carbocycles. The summed E-state index contributed by atoms with van der Waals surface area (Å²) in [5.41, 5.74) is 4.60. The van der Waals surface area contributed by atoms with E-state index in [1.165, 1.54) is 11.1 Å². The van der Waals surface area contributed by atoms with E-state index in [1.807, 2.05) is 26.0 Å². The van der Waals surface area contributed by atoms with E-state index in [0.717, 1.165) is 48.3 Å². The molecule has 3 aromatic heterocycles. The molecule has 1 fully saturated rings. The van der Waals surface area contributed by atoms with Gasteiger partial charge in [-0.3, -0.25) is 24.4 Å². The van der Waals surface area contributed by atoms with Crippen LogP contribution in [0.3, 0.4) is 0 Å². The predicted molar refractivity (Wildman–Crippen MR) is 121 cm³/mol. The molecule has 0 aliphatic heterocycles. The van der Waals surface area contributed by atoms with Crippen LogP contribution in [-0.2, 0) is 11.8 Å². The van der Waals surface area contributed by atoms with E-state index in [9.17, 15) is 9.59 Å². The lowest BCUT2D eigenvalue weighted by Crippen LogP contribution is -2.49. The molecule has 0 aromatic carbocycles. The molecule has 3 aromatic rings.